The van der Waals surface area contributed by atoms with Crippen molar-refractivity contribution in [3.63, 3.8) is 0 Å². The Hall–Kier alpha value is -3.24. The van der Waals surface area contributed by atoms with Crippen LogP contribution in [-0.2, 0) is 14.8 Å². The topological polar surface area (TPSA) is 84.9 Å². The molecule has 3 rings (SSSR count). The van der Waals surface area contributed by atoms with E-state index in [4.69, 9.17) is 9.47 Å². The number of ether oxygens (including phenoxy) is 2. The lowest BCUT2D eigenvalue weighted by molar-refractivity contribution is -0.119. The first-order chi connectivity index (χ1) is 16.8. The van der Waals surface area contributed by atoms with E-state index in [1.165, 1.54) is 48.2 Å². The molecule has 0 aliphatic carbocycles. The molecule has 0 heterocycles. The summed E-state index contributed by atoms with van der Waals surface area (Å²) in [6, 6.07) is 18.7. The van der Waals surface area contributed by atoms with Crippen LogP contribution in [0.25, 0.3) is 0 Å². The molecule has 0 aliphatic heterocycles. The quantitative estimate of drug-likeness (QED) is 0.284. The summed E-state index contributed by atoms with van der Waals surface area (Å²) in [6.07, 6.45) is 1.90. The average molecular weight is 519 g/mol. The van der Waals surface area contributed by atoms with Crippen molar-refractivity contribution in [3.05, 3.63) is 78.6 Å². The Labute approximate surface area is 209 Å². The van der Waals surface area contributed by atoms with Crippen LogP contribution in [0.5, 0.6) is 11.5 Å². The molecule has 35 heavy (non-hydrogen) atoms. The summed E-state index contributed by atoms with van der Waals surface area (Å²) < 4.78 is 52.3. The minimum atomic E-state index is -4.08. The Morgan fingerprint density at radius 2 is 1.69 bits per heavy atom. The second-order valence-corrected chi connectivity index (χ2v) is 9.98. The molecule has 3 aromatic rings. The van der Waals surface area contributed by atoms with Gasteiger partial charge in [-0.2, -0.15) is 0 Å². The van der Waals surface area contributed by atoms with Crippen LogP contribution in [0.15, 0.2) is 82.6 Å². The number of sulfonamides is 1. The molecule has 0 spiro atoms. The van der Waals surface area contributed by atoms with E-state index in [-0.39, 0.29) is 29.6 Å². The van der Waals surface area contributed by atoms with Crippen molar-refractivity contribution in [2.45, 2.75) is 16.7 Å². The van der Waals surface area contributed by atoms with Gasteiger partial charge in [-0.3, -0.25) is 9.10 Å². The highest BCUT2D eigenvalue weighted by atomic mass is 32.2. The van der Waals surface area contributed by atoms with E-state index in [2.05, 4.69) is 5.32 Å². The molecule has 0 bridgehead atoms. The van der Waals surface area contributed by atoms with E-state index < -0.39 is 22.5 Å². The maximum atomic E-state index is 13.6. The number of nitrogens with one attached hydrogen (secondary N) is 1. The monoisotopic (exact) mass is 518 g/mol. The molecule has 0 fully saturated rings. The molecular formula is C25H27FN2O5S2. The van der Waals surface area contributed by atoms with E-state index in [1.807, 2.05) is 6.26 Å². The lowest BCUT2D eigenvalue weighted by atomic mass is 10.3. The van der Waals surface area contributed by atoms with Crippen LogP contribution in [0, 0.1) is 5.82 Å². The third-order valence-corrected chi connectivity index (χ3v) is 7.39. The van der Waals surface area contributed by atoms with Gasteiger partial charge in [0.2, 0.25) is 5.91 Å². The van der Waals surface area contributed by atoms with Gasteiger partial charge < -0.3 is 14.8 Å². The van der Waals surface area contributed by atoms with Gasteiger partial charge in [-0.1, -0.05) is 12.1 Å². The third-order valence-electron chi connectivity index (χ3n) is 4.88. The zero-order chi connectivity index (χ0) is 25.3. The van der Waals surface area contributed by atoms with Crippen molar-refractivity contribution in [1.82, 2.24) is 5.32 Å². The van der Waals surface area contributed by atoms with Crippen molar-refractivity contribution in [2.75, 3.05) is 36.9 Å². The van der Waals surface area contributed by atoms with E-state index >= 15 is 0 Å². The number of nitrogens with zero attached hydrogens (tertiary/aromatic N) is 1. The van der Waals surface area contributed by atoms with Crippen LogP contribution in [0.4, 0.5) is 10.1 Å². The first-order valence-electron chi connectivity index (χ1n) is 10.9. The zero-order valence-corrected chi connectivity index (χ0v) is 21.1. The predicted octanol–water partition coefficient (Wildman–Crippen LogP) is 4.34. The number of thioether (sulfide) groups is 1. The number of benzene rings is 3. The summed E-state index contributed by atoms with van der Waals surface area (Å²) in [7, 11) is -4.08. The van der Waals surface area contributed by atoms with Gasteiger partial charge in [0.05, 0.1) is 23.7 Å². The normalized spacial score (nSPS) is 11.1. The number of rotatable bonds is 12. The van der Waals surface area contributed by atoms with E-state index in [9.17, 15) is 17.6 Å². The summed E-state index contributed by atoms with van der Waals surface area (Å²) in [6.45, 7) is 1.95. The average Bonchev–Trinajstić information content (AvgIpc) is 2.87. The minimum absolute atomic E-state index is 0.0639. The molecule has 0 radical (unpaired) electrons. The van der Waals surface area contributed by atoms with Gasteiger partial charge in [-0.05, 0) is 73.8 Å². The van der Waals surface area contributed by atoms with Gasteiger partial charge >= 0.3 is 0 Å². The van der Waals surface area contributed by atoms with Gasteiger partial charge in [-0.25, -0.2) is 12.8 Å². The van der Waals surface area contributed by atoms with Crippen molar-refractivity contribution in [3.8, 4) is 11.5 Å². The summed E-state index contributed by atoms with van der Waals surface area (Å²) in [5.41, 5.74) is 0.265. The Kier molecular flexibility index (Phi) is 9.39. The molecule has 7 nitrogen and oxygen atoms in total. The second-order valence-electron chi connectivity index (χ2n) is 7.24. The van der Waals surface area contributed by atoms with Crippen LogP contribution >= 0.6 is 11.8 Å². The lowest BCUT2D eigenvalue weighted by Gasteiger charge is -2.26. The van der Waals surface area contributed by atoms with Gasteiger partial charge in [0, 0.05) is 4.90 Å². The van der Waals surface area contributed by atoms with Crippen LogP contribution in [0.3, 0.4) is 0 Å². The highest BCUT2D eigenvalue weighted by Gasteiger charge is 2.29. The van der Waals surface area contributed by atoms with Crippen molar-refractivity contribution in [1.29, 1.82) is 0 Å². The van der Waals surface area contributed by atoms with Gasteiger partial charge in [0.25, 0.3) is 10.0 Å². The van der Waals surface area contributed by atoms with Crippen LogP contribution < -0.4 is 19.1 Å². The van der Waals surface area contributed by atoms with E-state index in [1.54, 1.807) is 43.3 Å². The summed E-state index contributed by atoms with van der Waals surface area (Å²) in [5.74, 6) is -0.0679. The van der Waals surface area contributed by atoms with Crippen molar-refractivity contribution in [2.24, 2.45) is 0 Å². The first-order valence-corrected chi connectivity index (χ1v) is 13.6. The van der Waals surface area contributed by atoms with Crippen molar-refractivity contribution < 1.29 is 27.1 Å². The smallest absolute Gasteiger partial charge is 0.264 e. The molecule has 0 saturated heterocycles. The molecular weight excluding hydrogens is 491 g/mol. The third kappa shape index (κ3) is 7.12. The Morgan fingerprint density at radius 1 is 1.00 bits per heavy atom. The number of carbonyl (C=O) groups excluding carboxylic acids is 1. The maximum Gasteiger partial charge on any atom is 0.264 e. The SMILES string of the molecule is CCOc1ccccc1N(CC(=O)NCCOc1ccc(F)cc1)S(=O)(=O)c1ccc(SC)cc1. The molecule has 1 N–H and O–H groups in total. The van der Waals surface area contributed by atoms with Crippen LogP contribution in [0.2, 0.25) is 0 Å². The zero-order valence-electron chi connectivity index (χ0n) is 19.4. The Morgan fingerprint density at radius 3 is 2.34 bits per heavy atom. The van der Waals surface area contributed by atoms with Gasteiger partial charge in [-0.15, -0.1) is 11.8 Å². The Bertz CT molecular complexity index is 1220. The van der Waals surface area contributed by atoms with E-state index in [0.29, 0.717) is 18.1 Å². The molecule has 1 amide bonds. The number of hydrogen-bond donors (Lipinski definition) is 1. The van der Waals surface area contributed by atoms with Gasteiger partial charge in [0.1, 0.15) is 30.5 Å². The fraction of sp³-hybridized carbons (Fsp3) is 0.240. The molecule has 0 unspecified atom stereocenters. The predicted molar refractivity (Wildman–Crippen MR) is 135 cm³/mol. The number of carbonyl (C=O) groups is 1. The summed E-state index contributed by atoms with van der Waals surface area (Å²) >= 11 is 1.50. The molecule has 0 aliphatic rings. The highest BCUT2D eigenvalue weighted by molar-refractivity contribution is 7.98. The Balaban J connectivity index is 1.77. The van der Waals surface area contributed by atoms with Crippen molar-refractivity contribution >= 4 is 33.4 Å². The van der Waals surface area contributed by atoms with Gasteiger partial charge in [0.15, 0.2) is 0 Å². The van der Waals surface area contributed by atoms with Crippen LogP contribution in [-0.4, -0.2) is 46.9 Å². The summed E-state index contributed by atoms with van der Waals surface area (Å²) in [5, 5.41) is 2.67. The lowest BCUT2D eigenvalue weighted by Crippen LogP contribution is -2.42. The maximum absolute atomic E-state index is 13.6. The van der Waals surface area contributed by atoms with Crippen LogP contribution in [0.1, 0.15) is 6.92 Å². The molecule has 10 heteroatoms. The highest BCUT2D eigenvalue weighted by Crippen LogP contribution is 2.32. The second kappa shape index (κ2) is 12.5. The van der Waals surface area contributed by atoms with E-state index in [0.717, 1.165) is 9.20 Å². The minimum Gasteiger partial charge on any atom is -0.492 e. The number of anilines is 1. The number of hydrogen-bond acceptors (Lipinski definition) is 6. The molecule has 0 aromatic heterocycles. The fourth-order valence-corrected chi connectivity index (χ4v) is 5.03. The fourth-order valence-electron chi connectivity index (χ4n) is 3.19. The standard InChI is InChI=1S/C25H27FN2O5S2/c1-3-32-24-7-5-4-6-23(24)28(35(30,31)22-14-12-21(34-2)13-15-22)18-25(29)27-16-17-33-20-10-8-19(26)9-11-20/h4-15H,3,16-18H2,1-2H3,(H,27,29). The number of para-hydroxylation sites is 2. The number of amides is 1. The molecule has 3 aromatic carbocycles. The molecule has 0 saturated carbocycles. The molecule has 0 atom stereocenters. The first kappa shape index (κ1) is 26.4. The summed E-state index contributed by atoms with van der Waals surface area (Å²) in [4.78, 5) is 13.7. The largest absolute Gasteiger partial charge is 0.492 e. The number of halogens is 1. The molecule has 186 valence electrons.